The Morgan fingerprint density at radius 3 is 2.46 bits per heavy atom. The summed E-state index contributed by atoms with van der Waals surface area (Å²) in [6.45, 7) is 0.563. The standard InChI is InChI=1S/C17H17NO5S/c1-23-17(20)14-10-13(16(19)18-9-3-4-15(14)18)11-5-7-12(8-6-11)24(2,21)22/h5-8,10H,3-4,9H2,1-2H3. The molecule has 1 aromatic heterocycles. The van der Waals surface area contributed by atoms with E-state index in [1.165, 1.54) is 19.2 Å². The van der Waals surface area contributed by atoms with Gasteiger partial charge in [0.15, 0.2) is 9.84 Å². The van der Waals surface area contributed by atoms with Crippen LogP contribution in [0, 0.1) is 0 Å². The van der Waals surface area contributed by atoms with Gasteiger partial charge in [-0.2, -0.15) is 0 Å². The van der Waals surface area contributed by atoms with Crippen LogP contribution in [0.2, 0.25) is 0 Å². The highest BCUT2D eigenvalue weighted by Gasteiger charge is 2.24. The summed E-state index contributed by atoms with van der Waals surface area (Å²) in [5.74, 6) is -0.477. The van der Waals surface area contributed by atoms with Gasteiger partial charge in [-0.3, -0.25) is 4.79 Å². The Kier molecular flexibility index (Phi) is 4.04. The Hall–Kier alpha value is -2.41. The lowest BCUT2D eigenvalue weighted by Gasteiger charge is -2.12. The second-order valence-electron chi connectivity index (χ2n) is 5.77. The van der Waals surface area contributed by atoms with E-state index < -0.39 is 15.8 Å². The molecule has 24 heavy (non-hydrogen) atoms. The van der Waals surface area contributed by atoms with Crippen LogP contribution in [0.15, 0.2) is 40.0 Å². The fraction of sp³-hybridized carbons (Fsp3) is 0.294. The van der Waals surface area contributed by atoms with Gasteiger partial charge in [-0.25, -0.2) is 13.2 Å². The van der Waals surface area contributed by atoms with E-state index in [0.717, 1.165) is 12.7 Å². The molecule has 7 heteroatoms. The number of rotatable bonds is 3. The van der Waals surface area contributed by atoms with Crippen LogP contribution in [0.3, 0.4) is 0 Å². The van der Waals surface area contributed by atoms with Crippen molar-refractivity contribution in [3.63, 3.8) is 0 Å². The maximum absolute atomic E-state index is 12.7. The quantitative estimate of drug-likeness (QED) is 0.789. The number of hydrogen-bond donors (Lipinski definition) is 0. The first-order valence-corrected chi connectivity index (χ1v) is 9.37. The number of nitrogens with zero attached hydrogens (tertiary/aromatic N) is 1. The van der Waals surface area contributed by atoms with Gasteiger partial charge >= 0.3 is 5.97 Å². The molecular formula is C17H17NO5S. The molecule has 0 spiro atoms. The van der Waals surface area contributed by atoms with E-state index >= 15 is 0 Å². The molecule has 2 aromatic rings. The highest BCUT2D eigenvalue weighted by molar-refractivity contribution is 7.90. The van der Waals surface area contributed by atoms with Gasteiger partial charge < -0.3 is 9.30 Å². The number of sulfone groups is 1. The van der Waals surface area contributed by atoms with E-state index in [4.69, 9.17) is 4.74 Å². The lowest BCUT2D eigenvalue weighted by molar-refractivity contribution is 0.0598. The fourth-order valence-electron chi connectivity index (χ4n) is 2.99. The van der Waals surface area contributed by atoms with E-state index in [2.05, 4.69) is 0 Å². The van der Waals surface area contributed by atoms with Gasteiger partial charge in [-0.05, 0) is 36.6 Å². The lowest BCUT2D eigenvalue weighted by atomic mass is 10.0. The molecule has 0 fully saturated rings. The highest BCUT2D eigenvalue weighted by Crippen LogP contribution is 2.25. The van der Waals surface area contributed by atoms with Crippen LogP contribution < -0.4 is 5.56 Å². The molecule has 0 radical (unpaired) electrons. The molecule has 0 amide bonds. The lowest BCUT2D eigenvalue weighted by Crippen LogP contribution is -2.24. The van der Waals surface area contributed by atoms with Gasteiger partial charge in [0, 0.05) is 24.1 Å². The first-order valence-electron chi connectivity index (χ1n) is 7.48. The average molecular weight is 347 g/mol. The van der Waals surface area contributed by atoms with E-state index in [1.54, 1.807) is 22.8 Å². The van der Waals surface area contributed by atoms with Gasteiger partial charge in [0.1, 0.15) is 0 Å². The number of methoxy groups -OCH3 is 1. The van der Waals surface area contributed by atoms with Crippen molar-refractivity contribution >= 4 is 15.8 Å². The summed E-state index contributed by atoms with van der Waals surface area (Å²) >= 11 is 0. The third-order valence-electron chi connectivity index (χ3n) is 4.20. The van der Waals surface area contributed by atoms with Crippen LogP contribution in [0.4, 0.5) is 0 Å². The largest absolute Gasteiger partial charge is 0.465 e. The van der Waals surface area contributed by atoms with Crippen LogP contribution in [0.1, 0.15) is 22.5 Å². The molecular weight excluding hydrogens is 330 g/mol. The van der Waals surface area contributed by atoms with Crippen LogP contribution in [-0.4, -0.2) is 32.3 Å². The zero-order chi connectivity index (χ0) is 17.5. The Morgan fingerprint density at radius 2 is 1.88 bits per heavy atom. The van der Waals surface area contributed by atoms with E-state index in [0.29, 0.717) is 35.3 Å². The minimum Gasteiger partial charge on any atom is -0.465 e. The number of carbonyl (C=O) groups excluding carboxylic acids is 1. The van der Waals surface area contributed by atoms with Crippen LogP contribution in [0.25, 0.3) is 11.1 Å². The van der Waals surface area contributed by atoms with Gasteiger partial charge in [0.25, 0.3) is 5.56 Å². The van der Waals surface area contributed by atoms with E-state index in [9.17, 15) is 18.0 Å². The summed E-state index contributed by atoms with van der Waals surface area (Å²) in [6, 6.07) is 7.62. The molecule has 0 saturated heterocycles. The molecule has 6 nitrogen and oxygen atoms in total. The molecule has 2 heterocycles. The molecule has 0 saturated carbocycles. The minimum absolute atomic E-state index is 0.178. The number of carbonyl (C=O) groups is 1. The van der Waals surface area contributed by atoms with Crippen molar-refractivity contribution in [2.24, 2.45) is 0 Å². The van der Waals surface area contributed by atoms with Crippen molar-refractivity contribution in [3.8, 4) is 11.1 Å². The third kappa shape index (κ3) is 2.75. The van der Waals surface area contributed by atoms with Crippen molar-refractivity contribution < 1.29 is 17.9 Å². The van der Waals surface area contributed by atoms with Crippen molar-refractivity contribution in [3.05, 3.63) is 51.9 Å². The molecule has 1 aliphatic rings. The smallest absolute Gasteiger partial charge is 0.339 e. The average Bonchev–Trinajstić information content (AvgIpc) is 3.04. The number of fused-ring (bicyclic) bond motifs is 1. The summed E-state index contributed by atoms with van der Waals surface area (Å²) in [5, 5.41) is 0. The number of ether oxygens (including phenoxy) is 1. The van der Waals surface area contributed by atoms with Crippen LogP contribution in [0.5, 0.6) is 0 Å². The SMILES string of the molecule is COC(=O)c1cc(-c2ccc(S(C)(=O)=O)cc2)c(=O)n2c1CCC2. The number of benzene rings is 1. The van der Waals surface area contributed by atoms with Gasteiger partial charge in [0.2, 0.25) is 0 Å². The zero-order valence-corrected chi connectivity index (χ0v) is 14.2. The first-order chi connectivity index (χ1) is 11.3. The summed E-state index contributed by atoms with van der Waals surface area (Å²) in [6.07, 6.45) is 2.59. The molecule has 0 aliphatic carbocycles. The number of pyridine rings is 1. The minimum atomic E-state index is -3.30. The summed E-state index contributed by atoms with van der Waals surface area (Å²) < 4.78 is 29.5. The summed E-state index contributed by atoms with van der Waals surface area (Å²) in [4.78, 5) is 24.9. The second-order valence-corrected chi connectivity index (χ2v) is 7.78. The Morgan fingerprint density at radius 1 is 1.21 bits per heavy atom. The van der Waals surface area contributed by atoms with Crippen LogP contribution in [-0.2, 0) is 27.5 Å². The first kappa shape index (κ1) is 16.4. The number of esters is 1. The maximum atomic E-state index is 12.7. The Bertz CT molecular complexity index is 971. The van der Waals surface area contributed by atoms with Crippen molar-refractivity contribution in [1.82, 2.24) is 4.57 Å². The van der Waals surface area contributed by atoms with Crippen LogP contribution >= 0.6 is 0 Å². The normalized spacial score (nSPS) is 13.6. The second kappa shape index (κ2) is 5.90. The Balaban J connectivity index is 2.18. The predicted molar refractivity (Wildman–Crippen MR) is 88.9 cm³/mol. The molecule has 1 aliphatic heterocycles. The zero-order valence-electron chi connectivity index (χ0n) is 13.4. The topological polar surface area (TPSA) is 82.4 Å². The summed E-state index contributed by atoms with van der Waals surface area (Å²) in [7, 11) is -2.00. The Labute approximate surface area is 139 Å². The molecule has 0 unspecified atom stereocenters. The molecule has 126 valence electrons. The predicted octanol–water partition coefficient (Wildman–Crippen LogP) is 1.65. The molecule has 0 bridgehead atoms. The van der Waals surface area contributed by atoms with Gasteiger partial charge in [0.05, 0.1) is 17.6 Å². The highest BCUT2D eigenvalue weighted by atomic mass is 32.2. The number of hydrogen-bond acceptors (Lipinski definition) is 5. The van der Waals surface area contributed by atoms with Crippen molar-refractivity contribution in [1.29, 1.82) is 0 Å². The summed E-state index contributed by atoms with van der Waals surface area (Å²) in [5.41, 5.74) is 1.84. The van der Waals surface area contributed by atoms with E-state index in [1.807, 2.05) is 0 Å². The van der Waals surface area contributed by atoms with Crippen molar-refractivity contribution in [2.45, 2.75) is 24.3 Å². The molecule has 3 rings (SSSR count). The fourth-order valence-corrected chi connectivity index (χ4v) is 3.62. The third-order valence-corrected chi connectivity index (χ3v) is 5.32. The maximum Gasteiger partial charge on any atom is 0.339 e. The van der Waals surface area contributed by atoms with Gasteiger partial charge in [-0.1, -0.05) is 12.1 Å². The van der Waals surface area contributed by atoms with Gasteiger partial charge in [-0.15, -0.1) is 0 Å². The van der Waals surface area contributed by atoms with Crippen molar-refractivity contribution in [2.75, 3.05) is 13.4 Å². The van der Waals surface area contributed by atoms with E-state index in [-0.39, 0.29) is 10.5 Å². The molecule has 0 atom stereocenters. The monoisotopic (exact) mass is 347 g/mol. The number of aromatic nitrogens is 1. The molecule has 1 aromatic carbocycles. The molecule has 0 N–H and O–H groups in total.